The van der Waals surface area contributed by atoms with Gasteiger partial charge in [-0.3, -0.25) is 4.79 Å². The van der Waals surface area contributed by atoms with Crippen LogP contribution in [0, 0.1) is 17.3 Å². The molecule has 0 aromatic rings. The summed E-state index contributed by atoms with van der Waals surface area (Å²) in [5.41, 5.74) is 0.327. The first-order valence-corrected chi connectivity index (χ1v) is 4.84. The highest BCUT2D eigenvalue weighted by atomic mass is 35.5. The van der Waals surface area contributed by atoms with Crippen molar-refractivity contribution in [1.29, 1.82) is 0 Å². The maximum atomic E-state index is 11.4. The Morgan fingerprint density at radius 1 is 1.38 bits per heavy atom. The van der Waals surface area contributed by atoms with Gasteiger partial charge in [-0.25, -0.2) is 0 Å². The second-order valence-corrected chi connectivity index (χ2v) is 4.86. The molecule has 0 aromatic heterocycles. The summed E-state index contributed by atoms with van der Waals surface area (Å²) >= 11 is 0. The van der Waals surface area contributed by atoms with Crippen molar-refractivity contribution in [3.05, 3.63) is 0 Å². The molecule has 1 amide bonds. The highest BCUT2D eigenvalue weighted by Crippen LogP contribution is 2.49. The van der Waals surface area contributed by atoms with E-state index in [1.165, 1.54) is 12.8 Å². The summed E-state index contributed by atoms with van der Waals surface area (Å²) in [6.07, 6.45) is 2.39. The first-order chi connectivity index (χ1) is 5.53. The number of carbonyl (C=O) groups excluding carboxylic acids is 1. The normalized spacial score (nSPS) is 40.8. The van der Waals surface area contributed by atoms with E-state index >= 15 is 0 Å². The second kappa shape index (κ2) is 3.16. The van der Waals surface area contributed by atoms with Gasteiger partial charge in [-0.1, -0.05) is 20.8 Å². The van der Waals surface area contributed by atoms with Gasteiger partial charge in [-0.15, -0.1) is 12.4 Å². The number of amides is 1. The third-order valence-electron chi connectivity index (χ3n) is 3.95. The Morgan fingerprint density at radius 2 is 2.00 bits per heavy atom. The van der Waals surface area contributed by atoms with E-state index in [0.29, 0.717) is 17.4 Å². The summed E-state index contributed by atoms with van der Waals surface area (Å²) in [5, 5.41) is 3.11. The Hall–Kier alpha value is -0.240. The van der Waals surface area contributed by atoms with Gasteiger partial charge < -0.3 is 5.32 Å². The molecule has 1 aliphatic carbocycles. The van der Waals surface area contributed by atoms with E-state index < -0.39 is 0 Å². The van der Waals surface area contributed by atoms with Gasteiger partial charge in [0, 0.05) is 12.0 Å². The van der Waals surface area contributed by atoms with Crippen molar-refractivity contribution in [3.63, 3.8) is 0 Å². The molecule has 1 aliphatic heterocycles. The molecule has 2 rings (SSSR count). The fourth-order valence-electron chi connectivity index (χ4n) is 2.99. The molecule has 2 nitrogen and oxygen atoms in total. The van der Waals surface area contributed by atoms with Gasteiger partial charge >= 0.3 is 0 Å². The zero-order chi connectivity index (χ0) is 8.93. The maximum Gasteiger partial charge on any atom is 0.223 e. The average molecular weight is 204 g/mol. The van der Waals surface area contributed by atoms with Crippen LogP contribution in [0.2, 0.25) is 0 Å². The largest absolute Gasteiger partial charge is 0.353 e. The van der Waals surface area contributed by atoms with Crippen LogP contribution in [0.3, 0.4) is 0 Å². The standard InChI is InChI=1S/C10H17NO.ClH/c1-6-7-4-5-8(10(7,2)3)11-9(6)12;/h6-8H,4-5H2,1-3H3,(H,11,12);1H. The lowest BCUT2D eigenvalue weighted by atomic mass is 9.70. The summed E-state index contributed by atoms with van der Waals surface area (Å²) in [6.45, 7) is 6.62. The number of hydrogen-bond acceptors (Lipinski definition) is 1. The van der Waals surface area contributed by atoms with Gasteiger partial charge in [0.15, 0.2) is 0 Å². The number of piperidine rings is 1. The Balaban J connectivity index is 0.000000845. The molecule has 1 heterocycles. The predicted molar refractivity (Wildman–Crippen MR) is 54.8 cm³/mol. The molecule has 3 heteroatoms. The van der Waals surface area contributed by atoms with Gasteiger partial charge in [0.25, 0.3) is 0 Å². The van der Waals surface area contributed by atoms with Crippen LogP contribution in [-0.4, -0.2) is 11.9 Å². The van der Waals surface area contributed by atoms with E-state index in [2.05, 4.69) is 26.1 Å². The van der Waals surface area contributed by atoms with Gasteiger partial charge in [0.2, 0.25) is 5.91 Å². The fourth-order valence-corrected chi connectivity index (χ4v) is 2.99. The highest BCUT2D eigenvalue weighted by molar-refractivity contribution is 5.85. The molecule has 1 saturated heterocycles. The molecule has 3 atom stereocenters. The van der Waals surface area contributed by atoms with Gasteiger partial charge in [-0.2, -0.15) is 0 Å². The van der Waals surface area contributed by atoms with Crippen LogP contribution in [0.15, 0.2) is 0 Å². The lowest BCUT2D eigenvalue weighted by molar-refractivity contribution is -0.132. The number of halogens is 1. The molecular weight excluding hydrogens is 186 g/mol. The number of nitrogens with one attached hydrogen (secondary N) is 1. The average Bonchev–Trinajstić information content (AvgIpc) is 2.14. The smallest absolute Gasteiger partial charge is 0.223 e. The zero-order valence-corrected chi connectivity index (χ0v) is 9.28. The van der Waals surface area contributed by atoms with E-state index in [1.807, 2.05) is 0 Å². The molecule has 2 aliphatic rings. The Kier molecular flexibility index (Phi) is 2.63. The molecule has 13 heavy (non-hydrogen) atoms. The van der Waals surface area contributed by atoms with Gasteiger partial charge in [-0.05, 0) is 24.2 Å². The highest BCUT2D eigenvalue weighted by Gasteiger charge is 2.51. The van der Waals surface area contributed by atoms with Crippen molar-refractivity contribution in [2.45, 2.75) is 39.7 Å². The minimum atomic E-state index is 0. The van der Waals surface area contributed by atoms with E-state index in [9.17, 15) is 4.79 Å². The lowest BCUT2D eigenvalue weighted by Crippen LogP contribution is -2.53. The zero-order valence-electron chi connectivity index (χ0n) is 8.46. The van der Waals surface area contributed by atoms with Crippen molar-refractivity contribution in [2.75, 3.05) is 0 Å². The summed E-state index contributed by atoms with van der Waals surface area (Å²) in [5.74, 6) is 1.09. The topological polar surface area (TPSA) is 29.1 Å². The van der Waals surface area contributed by atoms with Crippen molar-refractivity contribution in [3.8, 4) is 0 Å². The van der Waals surface area contributed by atoms with Crippen molar-refractivity contribution >= 4 is 18.3 Å². The van der Waals surface area contributed by atoms with E-state index in [1.54, 1.807) is 0 Å². The molecule has 0 aromatic carbocycles. The van der Waals surface area contributed by atoms with Crippen molar-refractivity contribution < 1.29 is 4.79 Å². The van der Waals surface area contributed by atoms with Crippen LogP contribution in [0.5, 0.6) is 0 Å². The molecule has 0 spiro atoms. The van der Waals surface area contributed by atoms with E-state index in [-0.39, 0.29) is 24.2 Å². The molecule has 0 radical (unpaired) electrons. The number of rotatable bonds is 0. The summed E-state index contributed by atoms with van der Waals surface area (Å²) in [4.78, 5) is 11.4. The Labute approximate surface area is 85.9 Å². The Bertz CT molecular complexity index is 227. The summed E-state index contributed by atoms with van der Waals surface area (Å²) < 4.78 is 0. The summed E-state index contributed by atoms with van der Waals surface area (Å²) in [6, 6.07) is 0.436. The SMILES string of the molecule is CC1C(=O)NC2CCC1C2(C)C.Cl. The quantitative estimate of drug-likeness (QED) is 0.641. The maximum absolute atomic E-state index is 11.4. The van der Waals surface area contributed by atoms with Crippen LogP contribution in [0.4, 0.5) is 0 Å². The minimum Gasteiger partial charge on any atom is -0.353 e. The monoisotopic (exact) mass is 203 g/mol. The van der Waals surface area contributed by atoms with Crippen LogP contribution in [0.1, 0.15) is 33.6 Å². The van der Waals surface area contributed by atoms with Gasteiger partial charge in [0.1, 0.15) is 0 Å². The van der Waals surface area contributed by atoms with Crippen molar-refractivity contribution in [2.24, 2.45) is 17.3 Å². The van der Waals surface area contributed by atoms with Gasteiger partial charge in [0.05, 0.1) is 0 Å². The molecule has 76 valence electrons. The first kappa shape index (κ1) is 10.8. The van der Waals surface area contributed by atoms with Crippen LogP contribution in [-0.2, 0) is 4.79 Å². The third kappa shape index (κ3) is 1.35. The minimum absolute atomic E-state index is 0. The molecular formula is C10H18ClNO. The second-order valence-electron chi connectivity index (χ2n) is 4.86. The lowest BCUT2D eigenvalue weighted by Gasteiger charge is -2.41. The number of fused-ring (bicyclic) bond motifs is 2. The molecule has 2 bridgehead atoms. The first-order valence-electron chi connectivity index (χ1n) is 4.84. The van der Waals surface area contributed by atoms with E-state index in [4.69, 9.17) is 0 Å². The summed E-state index contributed by atoms with van der Waals surface area (Å²) in [7, 11) is 0. The Morgan fingerprint density at radius 3 is 2.62 bits per heavy atom. The predicted octanol–water partition coefficient (Wildman–Crippen LogP) is 1.98. The van der Waals surface area contributed by atoms with Crippen LogP contribution >= 0.6 is 12.4 Å². The van der Waals surface area contributed by atoms with Crippen LogP contribution < -0.4 is 5.32 Å². The molecule has 1 N–H and O–H groups in total. The van der Waals surface area contributed by atoms with Crippen LogP contribution in [0.25, 0.3) is 0 Å². The van der Waals surface area contributed by atoms with E-state index in [0.717, 1.165) is 0 Å². The third-order valence-corrected chi connectivity index (χ3v) is 3.95. The molecule has 1 saturated carbocycles. The number of hydrogen-bond donors (Lipinski definition) is 1. The van der Waals surface area contributed by atoms with Crippen molar-refractivity contribution in [1.82, 2.24) is 5.32 Å². The molecule has 3 unspecified atom stereocenters. The number of carbonyl (C=O) groups is 1. The fraction of sp³-hybridized carbons (Fsp3) is 0.900. The molecule has 2 fully saturated rings.